The van der Waals surface area contributed by atoms with Crippen molar-refractivity contribution < 1.29 is 19.1 Å². The summed E-state index contributed by atoms with van der Waals surface area (Å²) in [4.78, 5) is 26.6. The van der Waals surface area contributed by atoms with Crippen LogP contribution in [0.4, 0.5) is 4.39 Å². The van der Waals surface area contributed by atoms with E-state index < -0.39 is 29.8 Å². The molecule has 160 valence electrons. The number of carboxylic acid groups (broad SMARTS) is 1. The van der Waals surface area contributed by atoms with Gasteiger partial charge in [-0.05, 0) is 60.4 Å². The zero-order valence-electron chi connectivity index (χ0n) is 16.8. The van der Waals surface area contributed by atoms with Gasteiger partial charge in [0.15, 0.2) is 0 Å². The van der Waals surface area contributed by atoms with E-state index in [1.165, 1.54) is 35.2 Å². The first kappa shape index (κ1) is 21.5. The number of aliphatic carboxylic acids is 1. The van der Waals surface area contributed by atoms with Crippen molar-refractivity contribution in [2.75, 3.05) is 0 Å². The molecular formula is C25H18ClFN2O3. The number of nitriles is 1. The molecule has 32 heavy (non-hydrogen) atoms. The number of carbonyl (C=O) groups excluding carboxylic acids is 1. The first-order chi connectivity index (χ1) is 15.4. The van der Waals surface area contributed by atoms with Crippen LogP contribution in [0.3, 0.4) is 0 Å². The van der Waals surface area contributed by atoms with Crippen LogP contribution in [0.15, 0.2) is 66.7 Å². The van der Waals surface area contributed by atoms with Crippen LogP contribution in [0.25, 0.3) is 11.1 Å². The Kier molecular flexibility index (Phi) is 5.93. The minimum atomic E-state index is -1.07. The molecule has 1 aliphatic rings. The average molecular weight is 449 g/mol. The van der Waals surface area contributed by atoms with Crippen LogP contribution in [0, 0.1) is 17.1 Å². The third-order valence-electron chi connectivity index (χ3n) is 5.71. The summed E-state index contributed by atoms with van der Waals surface area (Å²) < 4.78 is 14.3. The monoisotopic (exact) mass is 448 g/mol. The summed E-state index contributed by atoms with van der Waals surface area (Å²) in [6.07, 6.45) is 0.803. The molecule has 0 bridgehead atoms. The predicted molar refractivity (Wildman–Crippen MR) is 118 cm³/mol. The molecule has 5 nitrogen and oxygen atoms in total. The van der Waals surface area contributed by atoms with Gasteiger partial charge in [-0.3, -0.25) is 4.79 Å². The second-order valence-electron chi connectivity index (χ2n) is 7.56. The third kappa shape index (κ3) is 3.95. The van der Waals surface area contributed by atoms with Crippen molar-refractivity contribution in [3.05, 3.63) is 94.3 Å². The second kappa shape index (κ2) is 8.81. The fraction of sp³-hybridized carbons (Fsp3) is 0.160. The van der Waals surface area contributed by atoms with Crippen LogP contribution < -0.4 is 0 Å². The van der Waals surface area contributed by atoms with Gasteiger partial charge < -0.3 is 10.0 Å². The maximum atomic E-state index is 14.3. The number of benzene rings is 3. The highest BCUT2D eigenvalue weighted by atomic mass is 35.5. The first-order valence-electron chi connectivity index (χ1n) is 10.0. The molecule has 1 N–H and O–H groups in total. The van der Waals surface area contributed by atoms with E-state index in [-0.39, 0.29) is 11.1 Å². The van der Waals surface area contributed by atoms with Gasteiger partial charge >= 0.3 is 5.97 Å². The van der Waals surface area contributed by atoms with E-state index >= 15 is 0 Å². The van der Waals surface area contributed by atoms with Gasteiger partial charge in [-0.15, -0.1) is 0 Å². The SMILES string of the molecule is N#Cc1ccc(F)c(-c2ccc(C(=O)N3[C@@H](c4ccccc4Cl)CC[C@H]3C(=O)O)cc2)c1. The van der Waals surface area contributed by atoms with Gasteiger partial charge in [-0.1, -0.05) is 41.9 Å². The van der Waals surface area contributed by atoms with E-state index in [0.29, 0.717) is 34.6 Å². The highest BCUT2D eigenvalue weighted by Gasteiger charge is 2.42. The number of nitrogens with zero attached hydrogens (tertiary/aromatic N) is 2. The summed E-state index contributed by atoms with van der Waals surface area (Å²) in [6, 6.07) is 18.0. The molecule has 3 aromatic rings. The van der Waals surface area contributed by atoms with Crippen molar-refractivity contribution in [2.24, 2.45) is 0 Å². The molecule has 0 aromatic heterocycles. The van der Waals surface area contributed by atoms with Gasteiger partial charge in [-0.2, -0.15) is 5.26 Å². The number of likely N-dealkylation sites (tertiary alicyclic amines) is 1. The number of hydrogen-bond acceptors (Lipinski definition) is 3. The Hall–Kier alpha value is -3.69. The van der Waals surface area contributed by atoms with Crippen LogP contribution in [0.5, 0.6) is 0 Å². The van der Waals surface area contributed by atoms with Gasteiger partial charge in [0.1, 0.15) is 11.9 Å². The van der Waals surface area contributed by atoms with Crippen molar-refractivity contribution in [2.45, 2.75) is 24.9 Å². The molecule has 1 amide bonds. The standard InChI is InChI=1S/C25H18ClFN2O3/c26-20-4-2-1-3-18(20)22-11-12-23(25(31)32)29(22)24(30)17-8-6-16(7-9-17)19-13-15(14-28)5-10-21(19)27/h1-10,13,22-23H,11-12H2,(H,31,32)/t22-,23+/m1/s1. The average Bonchev–Trinajstić information content (AvgIpc) is 3.24. The van der Waals surface area contributed by atoms with Gasteiger partial charge in [0, 0.05) is 16.1 Å². The molecule has 2 atom stereocenters. The normalized spacial score (nSPS) is 17.7. The smallest absolute Gasteiger partial charge is 0.326 e. The summed E-state index contributed by atoms with van der Waals surface area (Å²) in [5.41, 5.74) is 2.08. The summed E-state index contributed by atoms with van der Waals surface area (Å²) in [7, 11) is 0. The Bertz CT molecular complexity index is 1240. The zero-order chi connectivity index (χ0) is 22.8. The molecule has 3 aromatic carbocycles. The van der Waals surface area contributed by atoms with E-state index in [1.54, 1.807) is 36.4 Å². The lowest BCUT2D eigenvalue weighted by Crippen LogP contribution is -2.41. The predicted octanol–water partition coefficient (Wildman–Crippen LogP) is 5.45. The van der Waals surface area contributed by atoms with Crippen molar-refractivity contribution >= 4 is 23.5 Å². The zero-order valence-corrected chi connectivity index (χ0v) is 17.6. The van der Waals surface area contributed by atoms with Gasteiger partial charge in [0.2, 0.25) is 0 Å². The summed E-state index contributed by atoms with van der Waals surface area (Å²) in [6.45, 7) is 0. The maximum absolute atomic E-state index is 14.3. The number of carboxylic acids is 1. The highest BCUT2D eigenvalue weighted by Crippen LogP contribution is 2.40. The van der Waals surface area contributed by atoms with Crippen LogP contribution in [0.1, 0.15) is 40.4 Å². The summed E-state index contributed by atoms with van der Waals surface area (Å²) >= 11 is 6.33. The highest BCUT2D eigenvalue weighted by molar-refractivity contribution is 6.31. The Labute approximate surface area is 189 Å². The molecule has 1 saturated heterocycles. The van der Waals surface area contributed by atoms with Crippen molar-refractivity contribution in [1.82, 2.24) is 4.90 Å². The second-order valence-corrected chi connectivity index (χ2v) is 7.97. The van der Waals surface area contributed by atoms with E-state index in [2.05, 4.69) is 0 Å². The molecule has 4 rings (SSSR count). The molecule has 7 heteroatoms. The minimum absolute atomic E-state index is 0.251. The Morgan fingerprint density at radius 2 is 1.78 bits per heavy atom. The van der Waals surface area contributed by atoms with Crippen molar-refractivity contribution in [3.8, 4) is 17.2 Å². The van der Waals surface area contributed by atoms with E-state index in [9.17, 15) is 19.1 Å². The first-order valence-corrected chi connectivity index (χ1v) is 10.4. The number of rotatable bonds is 4. The van der Waals surface area contributed by atoms with E-state index in [1.807, 2.05) is 6.07 Å². The Morgan fingerprint density at radius 1 is 1.06 bits per heavy atom. The number of amides is 1. The van der Waals surface area contributed by atoms with Crippen LogP contribution in [-0.2, 0) is 4.79 Å². The van der Waals surface area contributed by atoms with Crippen molar-refractivity contribution in [3.63, 3.8) is 0 Å². The fourth-order valence-corrected chi connectivity index (χ4v) is 4.41. The molecule has 0 spiro atoms. The largest absolute Gasteiger partial charge is 0.480 e. The fourth-order valence-electron chi connectivity index (χ4n) is 4.14. The maximum Gasteiger partial charge on any atom is 0.326 e. The van der Waals surface area contributed by atoms with Crippen molar-refractivity contribution in [1.29, 1.82) is 5.26 Å². The number of halogens is 2. The lowest BCUT2D eigenvalue weighted by atomic mass is 10.0. The lowest BCUT2D eigenvalue weighted by molar-refractivity contribution is -0.141. The molecular weight excluding hydrogens is 431 g/mol. The summed E-state index contributed by atoms with van der Waals surface area (Å²) in [5.74, 6) is -1.98. The van der Waals surface area contributed by atoms with Crippen LogP contribution in [0.2, 0.25) is 5.02 Å². The van der Waals surface area contributed by atoms with Crippen LogP contribution in [-0.4, -0.2) is 27.9 Å². The topological polar surface area (TPSA) is 81.4 Å². The van der Waals surface area contributed by atoms with Gasteiger partial charge in [0.25, 0.3) is 5.91 Å². The Balaban J connectivity index is 1.68. The molecule has 1 fully saturated rings. The third-order valence-corrected chi connectivity index (χ3v) is 6.05. The van der Waals surface area contributed by atoms with E-state index in [0.717, 1.165) is 0 Å². The lowest BCUT2D eigenvalue weighted by Gasteiger charge is -2.29. The summed E-state index contributed by atoms with van der Waals surface area (Å²) in [5, 5.41) is 19.2. The Morgan fingerprint density at radius 3 is 2.44 bits per heavy atom. The molecule has 0 saturated carbocycles. The van der Waals surface area contributed by atoms with Gasteiger partial charge in [0.05, 0.1) is 17.7 Å². The number of carbonyl (C=O) groups is 2. The molecule has 0 radical (unpaired) electrons. The molecule has 1 aliphatic heterocycles. The molecule has 1 heterocycles. The molecule has 0 aliphatic carbocycles. The minimum Gasteiger partial charge on any atom is -0.480 e. The van der Waals surface area contributed by atoms with E-state index in [4.69, 9.17) is 16.9 Å². The van der Waals surface area contributed by atoms with Crippen LogP contribution >= 0.6 is 11.6 Å². The molecule has 0 unspecified atom stereocenters. The van der Waals surface area contributed by atoms with Gasteiger partial charge in [-0.25, -0.2) is 9.18 Å². The number of hydrogen-bond donors (Lipinski definition) is 1. The quantitative estimate of drug-likeness (QED) is 0.575.